The first-order valence-electron chi connectivity index (χ1n) is 5.22. The van der Waals surface area contributed by atoms with Gasteiger partial charge < -0.3 is 10.4 Å². The number of hydrogen-bond acceptors (Lipinski definition) is 3. The lowest BCUT2D eigenvalue weighted by molar-refractivity contribution is -0.120. The summed E-state index contributed by atoms with van der Waals surface area (Å²) in [6.07, 6.45) is 2.76. The average Bonchev–Trinajstić information content (AvgIpc) is 2.32. The van der Waals surface area contributed by atoms with Gasteiger partial charge in [0, 0.05) is 11.8 Å². The molecule has 0 aromatic rings. The van der Waals surface area contributed by atoms with Gasteiger partial charge in [-0.1, -0.05) is 13.3 Å². The Balaban J connectivity index is 2.44. The predicted molar refractivity (Wildman–Crippen MR) is 59.4 cm³/mol. The van der Waals surface area contributed by atoms with Crippen LogP contribution in [0.25, 0.3) is 0 Å². The van der Waals surface area contributed by atoms with E-state index in [1.165, 1.54) is 0 Å². The molecule has 1 saturated heterocycles. The summed E-state index contributed by atoms with van der Waals surface area (Å²) in [5, 5.41) is 12.4. The Morgan fingerprint density at radius 3 is 2.86 bits per heavy atom. The largest absolute Gasteiger partial charge is 0.392 e. The Bertz CT molecular complexity index is 197. The molecule has 1 heterocycles. The lowest BCUT2D eigenvalue weighted by atomic mass is 10.2. The van der Waals surface area contributed by atoms with Gasteiger partial charge in [0.25, 0.3) is 0 Å². The fourth-order valence-corrected chi connectivity index (χ4v) is 2.67. The van der Waals surface area contributed by atoms with E-state index in [2.05, 4.69) is 5.32 Å². The summed E-state index contributed by atoms with van der Waals surface area (Å²) >= 11 is 1.59. The van der Waals surface area contributed by atoms with E-state index < -0.39 is 0 Å². The standard InChI is InChI=1S/C10H19NO2S/c1-7(12)8(2)14-9-5-3-4-6-11-10(9)13/h7-9,12H,3-6H2,1-2H3,(H,11,13). The van der Waals surface area contributed by atoms with Crippen molar-refractivity contribution in [3.63, 3.8) is 0 Å². The number of nitrogens with one attached hydrogen (secondary N) is 1. The summed E-state index contributed by atoms with van der Waals surface area (Å²) in [4.78, 5) is 11.6. The van der Waals surface area contributed by atoms with Crippen molar-refractivity contribution in [2.24, 2.45) is 0 Å². The highest BCUT2D eigenvalue weighted by atomic mass is 32.2. The Hall–Kier alpha value is -0.220. The van der Waals surface area contributed by atoms with Crippen LogP contribution in [-0.2, 0) is 4.79 Å². The van der Waals surface area contributed by atoms with Crippen LogP contribution in [0.1, 0.15) is 33.1 Å². The van der Waals surface area contributed by atoms with E-state index in [1.54, 1.807) is 18.7 Å². The van der Waals surface area contributed by atoms with Crippen molar-refractivity contribution < 1.29 is 9.90 Å². The smallest absolute Gasteiger partial charge is 0.233 e. The van der Waals surface area contributed by atoms with Crippen LogP contribution >= 0.6 is 11.8 Å². The molecule has 0 spiro atoms. The predicted octanol–water partition coefficient (Wildman–Crippen LogP) is 1.16. The van der Waals surface area contributed by atoms with E-state index in [4.69, 9.17) is 0 Å². The van der Waals surface area contributed by atoms with Crippen LogP contribution < -0.4 is 5.32 Å². The molecule has 0 aliphatic carbocycles. The molecule has 2 N–H and O–H groups in total. The van der Waals surface area contributed by atoms with Crippen molar-refractivity contribution in [2.45, 2.75) is 49.7 Å². The lowest BCUT2D eigenvalue weighted by Crippen LogP contribution is -2.33. The van der Waals surface area contributed by atoms with Crippen LogP contribution in [0.3, 0.4) is 0 Å². The van der Waals surface area contributed by atoms with Gasteiger partial charge in [0.1, 0.15) is 0 Å². The van der Waals surface area contributed by atoms with Gasteiger partial charge in [-0.15, -0.1) is 11.8 Å². The fourth-order valence-electron chi connectivity index (χ4n) is 1.41. The van der Waals surface area contributed by atoms with Gasteiger partial charge in [0.2, 0.25) is 5.91 Å². The first-order valence-corrected chi connectivity index (χ1v) is 6.17. The van der Waals surface area contributed by atoms with Crippen LogP contribution in [0.2, 0.25) is 0 Å². The van der Waals surface area contributed by atoms with E-state index in [1.807, 2.05) is 6.92 Å². The van der Waals surface area contributed by atoms with E-state index in [-0.39, 0.29) is 22.5 Å². The number of carbonyl (C=O) groups is 1. The van der Waals surface area contributed by atoms with Crippen LogP contribution in [0.5, 0.6) is 0 Å². The minimum atomic E-state index is -0.351. The van der Waals surface area contributed by atoms with Gasteiger partial charge in [-0.05, 0) is 19.8 Å². The molecule has 3 nitrogen and oxygen atoms in total. The molecule has 0 radical (unpaired) electrons. The molecular formula is C10H19NO2S. The van der Waals surface area contributed by atoms with Crippen molar-refractivity contribution in [3.8, 4) is 0 Å². The van der Waals surface area contributed by atoms with Gasteiger partial charge >= 0.3 is 0 Å². The molecule has 4 heteroatoms. The summed E-state index contributed by atoms with van der Waals surface area (Å²) < 4.78 is 0. The molecule has 0 aromatic heterocycles. The number of aliphatic hydroxyl groups is 1. The van der Waals surface area contributed by atoms with Gasteiger partial charge in [-0.2, -0.15) is 0 Å². The second-order valence-corrected chi connectivity index (χ2v) is 5.44. The van der Waals surface area contributed by atoms with E-state index in [0.29, 0.717) is 0 Å². The second kappa shape index (κ2) is 5.61. The molecule has 0 saturated carbocycles. The number of amides is 1. The molecule has 1 aliphatic heterocycles. The van der Waals surface area contributed by atoms with E-state index in [0.717, 1.165) is 25.8 Å². The molecule has 1 aliphatic rings. The van der Waals surface area contributed by atoms with E-state index >= 15 is 0 Å². The Kier molecular flexibility index (Phi) is 4.75. The highest BCUT2D eigenvalue weighted by Crippen LogP contribution is 2.25. The van der Waals surface area contributed by atoms with Crippen molar-refractivity contribution in [1.82, 2.24) is 5.32 Å². The topological polar surface area (TPSA) is 49.3 Å². The maximum atomic E-state index is 11.6. The SMILES string of the molecule is CC(O)C(C)SC1CCCCNC1=O. The summed E-state index contributed by atoms with van der Waals surface area (Å²) in [5.41, 5.74) is 0. The zero-order valence-electron chi connectivity index (χ0n) is 8.82. The fraction of sp³-hybridized carbons (Fsp3) is 0.900. The quantitative estimate of drug-likeness (QED) is 0.746. The average molecular weight is 217 g/mol. The van der Waals surface area contributed by atoms with Crippen molar-refractivity contribution in [1.29, 1.82) is 0 Å². The number of rotatable bonds is 3. The Morgan fingerprint density at radius 2 is 2.21 bits per heavy atom. The minimum Gasteiger partial charge on any atom is -0.392 e. The molecule has 3 unspecified atom stereocenters. The molecule has 1 rings (SSSR count). The minimum absolute atomic E-state index is 0.0297. The molecule has 82 valence electrons. The third-order valence-corrected chi connectivity index (χ3v) is 4.14. The maximum absolute atomic E-state index is 11.6. The zero-order valence-corrected chi connectivity index (χ0v) is 9.64. The third kappa shape index (κ3) is 3.50. The zero-order chi connectivity index (χ0) is 10.6. The molecule has 0 aromatic carbocycles. The molecule has 3 atom stereocenters. The monoisotopic (exact) mass is 217 g/mol. The first kappa shape index (κ1) is 11.9. The van der Waals surface area contributed by atoms with Gasteiger partial charge in [0.05, 0.1) is 11.4 Å². The third-order valence-electron chi connectivity index (χ3n) is 2.54. The van der Waals surface area contributed by atoms with Crippen LogP contribution in [0, 0.1) is 0 Å². The Labute approximate surface area is 89.6 Å². The van der Waals surface area contributed by atoms with Crippen molar-refractivity contribution in [2.75, 3.05) is 6.54 Å². The maximum Gasteiger partial charge on any atom is 0.233 e. The van der Waals surface area contributed by atoms with Crippen LogP contribution in [-0.4, -0.2) is 34.2 Å². The second-order valence-electron chi connectivity index (χ2n) is 3.86. The number of hydrogen-bond donors (Lipinski definition) is 2. The van der Waals surface area contributed by atoms with Crippen molar-refractivity contribution >= 4 is 17.7 Å². The molecule has 1 fully saturated rings. The number of aliphatic hydroxyl groups excluding tert-OH is 1. The first-order chi connectivity index (χ1) is 6.61. The van der Waals surface area contributed by atoms with E-state index in [9.17, 15) is 9.90 Å². The van der Waals surface area contributed by atoms with Crippen LogP contribution in [0.15, 0.2) is 0 Å². The summed E-state index contributed by atoms with van der Waals surface area (Å²) in [6.45, 7) is 4.54. The summed E-state index contributed by atoms with van der Waals surface area (Å²) in [7, 11) is 0. The highest BCUT2D eigenvalue weighted by molar-refractivity contribution is 8.01. The van der Waals surface area contributed by atoms with Gasteiger partial charge in [-0.25, -0.2) is 0 Å². The van der Waals surface area contributed by atoms with Crippen molar-refractivity contribution in [3.05, 3.63) is 0 Å². The summed E-state index contributed by atoms with van der Waals surface area (Å²) in [6, 6.07) is 0. The van der Waals surface area contributed by atoms with Gasteiger partial charge in [-0.3, -0.25) is 4.79 Å². The normalized spacial score (nSPS) is 27.6. The van der Waals surface area contributed by atoms with Gasteiger partial charge in [0.15, 0.2) is 0 Å². The lowest BCUT2D eigenvalue weighted by Gasteiger charge is -2.19. The number of carbonyl (C=O) groups excluding carboxylic acids is 1. The Morgan fingerprint density at radius 1 is 1.50 bits per heavy atom. The highest BCUT2D eigenvalue weighted by Gasteiger charge is 2.24. The molecular weight excluding hydrogens is 198 g/mol. The molecule has 0 bridgehead atoms. The number of thioether (sulfide) groups is 1. The molecule has 14 heavy (non-hydrogen) atoms. The van der Waals surface area contributed by atoms with Crippen LogP contribution in [0.4, 0.5) is 0 Å². The summed E-state index contributed by atoms with van der Waals surface area (Å²) in [5.74, 6) is 0.139. The molecule has 1 amide bonds.